The van der Waals surface area contributed by atoms with Crippen LogP contribution in [-0.2, 0) is 18.4 Å². The maximum atomic E-state index is 9.53. The highest BCUT2D eigenvalue weighted by atomic mass is 16.4. The number of aliphatic carboxylic acids is 1. The molecule has 0 aliphatic rings. The molecule has 0 spiro atoms. The molecule has 0 saturated heterocycles. The van der Waals surface area contributed by atoms with Crippen LogP contribution in [0.4, 0.5) is 0 Å². The fourth-order valence-electron chi connectivity index (χ4n) is 1.05. The predicted octanol–water partition coefficient (Wildman–Crippen LogP) is -1.83. The average Bonchev–Trinajstić information content (AvgIpc) is 2.72. The fraction of sp³-hybridized carbons (Fsp3) is 0.636. The van der Waals surface area contributed by atoms with Crippen molar-refractivity contribution in [3.63, 3.8) is 0 Å². The first-order valence-electron chi connectivity index (χ1n) is 5.59. The van der Waals surface area contributed by atoms with Crippen LogP contribution in [0.25, 0.3) is 0 Å². The van der Waals surface area contributed by atoms with E-state index in [2.05, 4.69) is 34.8 Å². The summed E-state index contributed by atoms with van der Waals surface area (Å²) in [6.45, 7) is 2.79. The zero-order valence-corrected chi connectivity index (χ0v) is 10.4. The van der Waals surface area contributed by atoms with Gasteiger partial charge in [0.1, 0.15) is 12.4 Å². The Hall–Kier alpha value is -1.40. The molecule has 3 N–H and O–H groups in total. The molecule has 0 amide bonds. The van der Waals surface area contributed by atoms with E-state index in [1.165, 1.54) is 12.8 Å². The summed E-state index contributed by atoms with van der Waals surface area (Å²) in [5.41, 5.74) is 4.70. The van der Waals surface area contributed by atoms with Gasteiger partial charge in [0, 0.05) is 0 Å². The standard InChI is InChI=1S/C8H15N2.C3H7NO3/c1-3-4-5-10-7-6-9(2)8-10;4-2(1-5)3(6)7/h6-8H,3-5H2,1-2H3;2,5H,1,4H2,(H,6,7)/q+1;/p-1. The molecule has 0 fully saturated rings. The molecular weight excluding hydrogens is 222 g/mol. The van der Waals surface area contributed by atoms with E-state index in [0.29, 0.717) is 0 Å². The fourth-order valence-corrected chi connectivity index (χ4v) is 1.05. The van der Waals surface area contributed by atoms with Gasteiger partial charge < -0.3 is 20.7 Å². The third kappa shape index (κ3) is 7.48. The third-order valence-electron chi connectivity index (χ3n) is 2.09. The van der Waals surface area contributed by atoms with Crippen molar-refractivity contribution in [2.24, 2.45) is 12.8 Å². The largest absolute Gasteiger partial charge is 0.548 e. The normalized spacial score (nSPS) is 11.5. The Morgan fingerprint density at radius 3 is 2.59 bits per heavy atom. The summed E-state index contributed by atoms with van der Waals surface area (Å²) in [5, 5.41) is 17.5. The maximum absolute atomic E-state index is 9.53. The van der Waals surface area contributed by atoms with Crippen LogP contribution in [0.5, 0.6) is 0 Å². The number of carbonyl (C=O) groups excluding carboxylic acids is 1. The van der Waals surface area contributed by atoms with Crippen molar-refractivity contribution < 1.29 is 19.6 Å². The number of nitrogens with zero attached hydrogens (tertiary/aromatic N) is 2. The lowest BCUT2D eigenvalue weighted by Gasteiger charge is -2.06. The maximum Gasteiger partial charge on any atom is 0.243 e. The van der Waals surface area contributed by atoms with Crippen molar-refractivity contribution in [1.82, 2.24) is 4.57 Å². The molecule has 1 atom stereocenters. The highest BCUT2D eigenvalue weighted by molar-refractivity contribution is 5.70. The highest BCUT2D eigenvalue weighted by Gasteiger charge is 1.97. The van der Waals surface area contributed by atoms with Crippen LogP contribution in [0.2, 0.25) is 0 Å². The van der Waals surface area contributed by atoms with Crippen LogP contribution in [0.15, 0.2) is 18.7 Å². The summed E-state index contributed by atoms with van der Waals surface area (Å²) in [5.74, 6) is -1.43. The molecule has 1 unspecified atom stereocenters. The lowest BCUT2D eigenvalue weighted by Crippen LogP contribution is -2.44. The monoisotopic (exact) mass is 243 g/mol. The number of hydrogen-bond donors (Lipinski definition) is 2. The van der Waals surface area contributed by atoms with E-state index in [0.717, 1.165) is 6.54 Å². The van der Waals surface area contributed by atoms with E-state index in [9.17, 15) is 9.90 Å². The van der Waals surface area contributed by atoms with Crippen LogP contribution >= 0.6 is 0 Å². The first-order chi connectivity index (χ1) is 8.01. The summed E-state index contributed by atoms with van der Waals surface area (Å²) < 4.78 is 4.28. The van der Waals surface area contributed by atoms with Gasteiger partial charge in [-0.15, -0.1) is 0 Å². The van der Waals surface area contributed by atoms with Gasteiger partial charge in [-0.1, -0.05) is 13.3 Å². The summed E-state index contributed by atoms with van der Waals surface area (Å²) in [6.07, 6.45) is 8.82. The lowest BCUT2D eigenvalue weighted by atomic mass is 10.3. The van der Waals surface area contributed by atoms with Crippen molar-refractivity contribution in [3.05, 3.63) is 18.7 Å². The van der Waals surface area contributed by atoms with E-state index in [-0.39, 0.29) is 0 Å². The van der Waals surface area contributed by atoms with Crippen molar-refractivity contribution in [2.75, 3.05) is 6.61 Å². The van der Waals surface area contributed by atoms with Crippen molar-refractivity contribution in [1.29, 1.82) is 0 Å². The average molecular weight is 243 g/mol. The Bertz CT molecular complexity index is 326. The molecule has 1 aromatic rings. The number of aryl methyl sites for hydroxylation is 2. The van der Waals surface area contributed by atoms with Crippen LogP contribution in [0.3, 0.4) is 0 Å². The summed E-state index contributed by atoms with van der Waals surface area (Å²) >= 11 is 0. The quantitative estimate of drug-likeness (QED) is 0.595. The third-order valence-corrected chi connectivity index (χ3v) is 2.09. The smallest absolute Gasteiger partial charge is 0.243 e. The first-order valence-corrected chi connectivity index (χ1v) is 5.59. The topological polar surface area (TPSA) is 95.2 Å². The van der Waals surface area contributed by atoms with E-state index in [1.54, 1.807) is 0 Å². The minimum Gasteiger partial charge on any atom is -0.548 e. The second-order valence-corrected chi connectivity index (χ2v) is 3.78. The van der Waals surface area contributed by atoms with E-state index >= 15 is 0 Å². The Morgan fingerprint density at radius 1 is 1.65 bits per heavy atom. The number of hydrogen-bond acceptors (Lipinski definition) is 4. The Morgan fingerprint density at radius 2 is 2.29 bits per heavy atom. The molecule has 1 aromatic heterocycles. The van der Waals surface area contributed by atoms with Crippen molar-refractivity contribution in [2.45, 2.75) is 32.4 Å². The van der Waals surface area contributed by atoms with Gasteiger partial charge in [0.25, 0.3) is 0 Å². The number of aromatic nitrogens is 2. The Balaban J connectivity index is 0.000000325. The molecule has 0 aromatic carbocycles. The number of aliphatic hydroxyl groups is 1. The first kappa shape index (κ1) is 15.6. The zero-order valence-electron chi connectivity index (χ0n) is 10.4. The molecule has 1 rings (SSSR count). The summed E-state index contributed by atoms with van der Waals surface area (Å²) in [7, 11) is 2.04. The van der Waals surface area contributed by atoms with Crippen LogP contribution in [0, 0.1) is 0 Å². The van der Waals surface area contributed by atoms with Crippen LogP contribution in [-0.4, -0.2) is 28.3 Å². The van der Waals surface area contributed by atoms with E-state index in [1.807, 2.05) is 7.05 Å². The van der Waals surface area contributed by atoms with Crippen LogP contribution in [0.1, 0.15) is 19.8 Å². The second-order valence-electron chi connectivity index (χ2n) is 3.78. The van der Waals surface area contributed by atoms with Gasteiger partial charge in [-0.05, 0) is 6.42 Å². The minimum absolute atomic E-state index is 0.567. The molecule has 6 heteroatoms. The number of imidazole rings is 1. The van der Waals surface area contributed by atoms with Crippen molar-refractivity contribution in [3.8, 4) is 0 Å². The molecular formula is C11H21N3O3. The molecule has 0 radical (unpaired) electrons. The molecule has 0 aliphatic heterocycles. The van der Waals surface area contributed by atoms with Crippen molar-refractivity contribution >= 4 is 5.97 Å². The molecule has 0 bridgehead atoms. The number of aliphatic hydroxyl groups excluding tert-OH is 1. The lowest BCUT2D eigenvalue weighted by molar-refractivity contribution is -0.671. The zero-order chi connectivity index (χ0) is 13.3. The number of rotatable bonds is 5. The SMILES string of the molecule is CCCCn1cc[n+](C)c1.NC(CO)C(=O)[O-]. The summed E-state index contributed by atoms with van der Waals surface area (Å²) in [6, 6.07) is -1.24. The van der Waals surface area contributed by atoms with Gasteiger partial charge in [-0.25, -0.2) is 9.13 Å². The number of unbranched alkanes of at least 4 members (excludes halogenated alkanes) is 1. The van der Waals surface area contributed by atoms with Gasteiger partial charge in [0.15, 0.2) is 0 Å². The van der Waals surface area contributed by atoms with Gasteiger partial charge >= 0.3 is 0 Å². The molecule has 0 aliphatic carbocycles. The van der Waals surface area contributed by atoms with Gasteiger partial charge in [0.2, 0.25) is 6.33 Å². The Labute approximate surface area is 101 Å². The highest BCUT2D eigenvalue weighted by Crippen LogP contribution is 1.91. The number of carboxylic acids is 1. The number of carboxylic acid groups (broad SMARTS) is 1. The minimum atomic E-state index is -1.43. The molecule has 1 heterocycles. The molecule has 17 heavy (non-hydrogen) atoms. The molecule has 6 nitrogen and oxygen atoms in total. The van der Waals surface area contributed by atoms with E-state index < -0.39 is 18.6 Å². The van der Waals surface area contributed by atoms with Crippen LogP contribution < -0.4 is 15.4 Å². The second kappa shape index (κ2) is 8.72. The van der Waals surface area contributed by atoms with Gasteiger partial charge in [0.05, 0.1) is 32.2 Å². The molecule has 98 valence electrons. The predicted molar refractivity (Wildman–Crippen MR) is 60.6 cm³/mol. The van der Waals surface area contributed by atoms with Gasteiger partial charge in [-0.2, -0.15) is 0 Å². The van der Waals surface area contributed by atoms with E-state index in [4.69, 9.17) is 10.8 Å². The number of carbonyl (C=O) groups is 1. The number of nitrogens with two attached hydrogens (primary N) is 1. The summed E-state index contributed by atoms with van der Waals surface area (Å²) in [4.78, 5) is 9.53. The van der Waals surface area contributed by atoms with Gasteiger partial charge in [-0.3, -0.25) is 0 Å². The molecule has 0 saturated carbocycles. The Kier molecular flexibility index (Phi) is 8.00.